The molecule has 0 aliphatic rings. The van der Waals surface area contributed by atoms with Gasteiger partial charge in [0.25, 0.3) is 5.56 Å². The average Bonchev–Trinajstić information content (AvgIpc) is 2.87. The van der Waals surface area contributed by atoms with Gasteiger partial charge in [0.1, 0.15) is 12.4 Å². The van der Waals surface area contributed by atoms with Crippen molar-refractivity contribution in [1.29, 1.82) is 0 Å². The van der Waals surface area contributed by atoms with Crippen molar-refractivity contribution < 1.29 is 14.4 Å². The number of benzene rings is 3. The maximum atomic E-state index is 13.3. The minimum absolute atomic E-state index is 0.00969. The van der Waals surface area contributed by atoms with Gasteiger partial charge in [-0.25, -0.2) is 4.98 Å². The summed E-state index contributed by atoms with van der Waals surface area (Å²) in [5, 5.41) is 17.1. The number of aromatic nitrogens is 2. The fourth-order valence-electron chi connectivity index (χ4n) is 3.66. The molecule has 0 fully saturated rings. The first-order valence-electron chi connectivity index (χ1n) is 11.2. The number of fused-ring (bicyclic) bond motifs is 1. The highest BCUT2D eigenvalue weighted by molar-refractivity contribution is 9.10. The Balaban J connectivity index is 1.76. The second-order valence-electron chi connectivity index (χ2n) is 8.36. The Morgan fingerprint density at radius 3 is 2.65 bits per heavy atom. The van der Waals surface area contributed by atoms with E-state index in [0.29, 0.717) is 32.9 Å². The molecule has 1 aromatic heterocycles. The van der Waals surface area contributed by atoms with Gasteiger partial charge >= 0.3 is 5.69 Å². The molecule has 0 bridgehead atoms. The number of hydrogen-bond donors (Lipinski definition) is 0. The van der Waals surface area contributed by atoms with E-state index in [-0.39, 0.29) is 35.3 Å². The first-order chi connectivity index (χ1) is 17.7. The summed E-state index contributed by atoms with van der Waals surface area (Å²) < 4.78 is 13.1. The average molecular weight is 586 g/mol. The zero-order chi connectivity index (χ0) is 26.7. The number of nitro groups is 1. The van der Waals surface area contributed by atoms with Gasteiger partial charge in [0.05, 0.1) is 29.2 Å². The van der Waals surface area contributed by atoms with E-state index in [2.05, 4.69) is 26.0 Å². The number of nitro benzene ring substituents is 1. The van der Waals surface area contributed by atoms with E-state index in [1.54, 1.807) is 42.5 Å². The summed E-state index contributed by atoms with van der Waals surface area (Å²) in [6, 6.07) is 15.2. The predicted molar refractivity (Wildman–Crippen MR) is 146 cm³/mol. The number of hydrogen-bond acceptors (Lipinski definition) is 7. The SMILES string of the molecule is COc1cc(C=Nn2c(C(C)C)nc3ccc(Br)cc3c2=O)cc([N+](=O)[O-])c1OCc1ccccc1Cl. The molecule has 190 valence electrons. The minimum atomic E-state index is -0.567. The summed E-state index contributed by atoms with van der Waals surface area (Å²) in [6.45, 7) is 3.81. The van der Waals surface area contributed by atoms with Crippen molar-refractivity contribution >= 4 is 50.3 Å². The van der Waals surface area contributed by atoms with Crippen LogP contribution in [-0.4, -0.2) is 27.9 Å². The van der Waals surface area contributed by atoms with E-state index >= 15 is 0 Å². The Labute approximate surface area is 225 Å². The number of halogens is 2. The van der Waals surface area contributed by atoms with Crippen LogP contribution in [0.2, 0.25) is 5.02 Å². The molecular weight excluding hydrogens is 564 g/mol. The molecule has 9 nitrogen and oxygen atoms in total. The molecule has 1 heterocycles. The standard InChI is InChI=1S/C26H22BrClN4O5/c1-15(2)25-30-21-9-8-18(27)12-19(21)26(33)31(25)29-13-16-10-22(32(34)35)24(23(11-16)36-3)37-14-17-6-4-5-7-20(17)28/h4-13,15H,14H2,1-3H3. The third-order valence-corrected chi connectivity index (χ3v) is 6.34. The normalized spacial score (nSPS) is 11.4. The molecule has 0 aliphatic heterocycles. The minimum Gasteiger partial charge on any atom is -0.493 e. The highest BCUT2D eigenvalue weighted by atomic mass is 79.9. The van der Waals surface area contributed by atoms with Crippen LogP contribution < -0.4 is 15.0 Å². The van der Waals surface area contributed by atoms with E-state index in [1.165, 1.54) is 24.1 Å². The smallest absolute Gasteiger partial charge is 0.315 e. The van der Waals surface area contributed by atoms with Crippen LogP contribution in [0.1, 0.15) is 36.7 Å². The Morgan fingerprint density at radius 1 is 1.22 bits per heavy atom. The molecule has 0 atom stereocenters. The lowest BCUT2D eigenvalue weighted by Crippen LogP contribution is -2.23. The maximum absolute atomic E-state index is 13.3. The van der Waals surface area contributed by atoms with E-state index < -0.39 is 4.92 Å². The van der Waals surface area contributed by atoms with Gasteiger partial charge in [0.2, 0.25) is 5.75 Å². The van der Waals surface area contributed by atoms with Gasteiger partial charge in [-0.1, -0.05) is 59.6 Å². The maximum Gasteiger partial charge on any atom is 0.315 e. The Bertz CT molecular complexity index is 1590. The van der Waals surface area contributed by atoms with Gasteiger partial charge in [-0.15, -0.1) is 0 Å². The number of ether oxygens (including phenoxy) is 2. The number of methoxy groups -OCH3 is 1. The molecule has 4 aromatic rings. The van der Waals surface area contributed by atoms with Crippen LogP contribution in [0.4, 0.5) is 5.69 Å². The van der Waals surface area contributed by atoms with Crippen LogP contribution in [0.5, 0.6) is 11.5 Å². The fraction of sp³-hybridized carbons (Fsp3) is 0.192. The molecule has 0 saturated heterocycles. The summed E-state index contributed by atoms with van der Waals surface area (Å²) >= 11 is 9.56. The van der Waals surface area contributed by atoms with Crippen LogP contribution in [0.3, 0.4) is 0 Å². The molecule has 0 N–H and O–H groups in total. The monoisotopic (exact) mass is 584 g/mol. The third-order valence-electron chi connectivity index (χ3n) is 5.48. The molecule has 0 saturated carbocycles. The van der Waals surface area contributed by atoms with Crippen LogP contribution in [0.15, 0.2) is 69.0 Å². The van der Waals surface area contributed by atoms with Crippen LogP contribution in [0, 0.1) is 10.1 Å². The number of nitrogens with zero attached hydrogens (tertiary/aromatic N) is 4. The lowest BCUT2D eigenvalue weighted by Gasteiger charge is -2.13. The summed E-state index contributed by atoms with van der Waals surface area (Å²) in [7, 11) is 1.38. The molecule has 0 radical (unpaired) electrons. The van der Waals surface area contributed by atoms with Gasteiger partial charge in [-0.2, -0.15) is 9.78 Å². The summed E-state index contributed by atoms with van der Waals surface area (Å²) in [6.07, 6.45) is 1.35. The van der Waals surface area contributed by atoms with Gasteiger partial charge in [-0.05, 0) is 30.3 Å². The van der Waals surface area contributed by atoms with Crippen molar-refractivity contribution in [2.45, 2.75) is 26.4 Å². The van der Waals surface area contributed by atoms with E-state index in [4.69, 9.17) is 21.1 Å². The molecule has 0 aliphatic carbocycles. The fourth-order valence-corrected chi connectivity index (χ4v) is 4.21. The second-order valence-corrected chi connectivity index (χ2v) is 9.68. The van der Waals surface area contributed by atoms with E-state index in [0.717, 1.165) is 4.47 Å². The first-order valence-corrected chi connectivity index (χ1v) is 12.4. The Hall–Kier alpha value is -3.76. The molecule has 0 amide bonds. The van der Waals surface area contributed by atoms with E-state index in [1.807, 2.05) is 19.9 Å². The van der Waals surface area contributed by atoms with Crippen molar-refractivity contribution in [3.63, 3.8) is 0 Å². The molecule has 0 spiro atoms. The van der Waals surface area contributed by atoms with Gasteiger partial charge in [0, 0.05) is 32.6 Å². The molecule has 3 aromatic carbocycles. The Kier molecular flexibility index (Phi) is 7.89. The molecule has 0 unspecified atom stereocenters. The lowest BCUT2D eigenvalue weighted by atomic mass is 10.1. The number of rotatable bonds is 8. The highest BCUT2D eigenvalue weighted by Crippen LogP contribution is 2.39. The van der Waals surface area contributed by atoms with Gasteiger partial charge < -0.3 is 9.47 Å². The Morgan fingerprint density at radius 2 is 1.97 bits per heavy atom. The zero-order valence-electron chi connectivity index (χ0n) is 20.1. The van der Waals surface area contributed by atoms with Gasteiger partial charge in [-0.3, -0.25) is 14.9 Å². The topological polar surface area (TPSA) is 109 Å². The van der Waals surface area contributed by atoms with Crippen molar-refractivity contribution in [2.75, 3.05) is 7.11 Å². The van der Waals surface area contributed by atoms with Gasteiger partial charge in [0.15, 0.2) is 5.75 Å². The van der Waals surface area contributed by atoms with Crippen molar-refractivity contribution in [3.05, 3.63) is 102 Å². The predicted octanol–water partition coefficient (Wildman–Crippen LogP) is 6.31. The molecular formula is C26H22BrClN4O5. The lowest BCUT2D eigenvalue weighted by molar-refractivity contribution is -0.386. The first kappa shape index (κ1) is 26.3. The summed E-state index contributed by atoms with van der Waals surface area (Å²) in [5.41, 5.74) is 0.893. The molecule has 11 heteroatoms. The van der Waals surface area contributed by atoms with Crippen LogP contribution >= 0.6 is 27.5 Å². The van der Waals surface area contributed by atoms with Crippen molar-refractivity contribution in [1.82, 2.24) is 9.66 Å². The summed E-state index contributed by atoms with van der Waals surface area (Å²) in [4.78, 5) is 29.2. The van der Waals surface area contributed by atoms with E-state index in [9.17, 15) is 14.9 Å². The molecule has 4 rings (SSSR count). The van der Waals surface area contributed by atoms with Crippen LogP contribution in [0.25, 0.3) is 10.9 Å². The van der Waals surface area contributed by atoms with Crippen LogP contribution in [-0.2, 0) is 6.61 Å². The quantitative estimate of drug-likeness (QED) is 0.136. The largest absolute Gasteiger partial charge is 0.493 e. The van der Waals surface area contributed by atoms with Crippen molar-refractivity contribution in [3.8, 4) is 11.5 Å². The van der Waals surface area contributed by atoms with Crippen molar-refractivity contribution in [2.24, 2.45) is 5.10 Å². The summed E-state index contributed by atoms with van der Waals surface area (Å²) in [5.74, 6) is 0.445. The highest BCUT2D eigenvalue weighted by Gasteiger charge is 2.23. The molecule has 37 heavy (non-hydrogen) atoms. The second kappa shape index (κ2) is 11.1. The zero-order valence-corrected chi connectivity index (χ0v) is 22.5. The third kappa shape index (κ3) is 5.65.